The maximum absolute atomic E-state index is 3.19. The highest BCUT2D eigenvalue weighted by molar-refractivity contribution is 4.79. The van der Waals surface area contributed by atoms with Gasteiger partial charge in [-0.1, -0.05) is 13.8 Å². The molecule has 1 aliphatic heterocycles. The van der Waals surface area contributed by atoms with Gasteiger partial charge in [-0.25, -0.2) is 0 Å². The van der Waals surface area contributed by atoms with Crippen LogP contribution in [0.25, 0.3) is 0 Å². The maximum Gasteiger partial charge on any atom is 0.0507 e. The average Bonchev–Trinajstić information content (AvgIpc) is 1.61. The van der Waals surface area contributed by atoms with Crippen molar-refractivity contribution in [3.05, 3.63) is 0 Å². The second-order valence-electron chi connectivity index (χ2n) is 3.28. The quantitative estimate of drug-likeness (QED) is 0.556. The van der Waals surface area contributed by atoms with Crippen LogP contribution < -0.4 is 5.32 Å². The van der Waals surface area contributed by atoms with E-state index in [0.717, 1.165) is 13.3 Å². The van der Waals surface area contributed by atoms with E-state index in [1.165, 1.54) is 0 Å². The number of hydrogen-bond donors (Lipinski definition) is 1. The van der Waals surface area contributed by atoms with Gasteiger partial charge in [0, 0.05) is 5.54 Å². The van der Waals surface area contributed by atoms with E-state index in [9.17, 15) is 0 Å². The van der Waals surface area contributed by atoms with E-state index in [-0.39, 0.29) is 0 Å². The summed E-state index contributed by atoms with van der Waals surface area (Å²) in [5, 5.41) is 3.19. The summed E-state index contributed by atoms with van der Waals surface area (Å²) in [4.78, 5) is 2.38. The van der Waals surface area contributed by atoms with E-state index < -0.39 is 0 Å². The Morgan fingerprint density at radius 3 is 1.50 bits per heavy atom. The Morgan fingerprint density at radius 1 is 1.10 bits per heavy atom. The number of hydrogen-bond acceptors (Lipinski definition) is 2. The van der Waals surface area contributed by atoms with Crippen molar-refractivity contribution in [1.82, 2.24) is 10.2 Å². The van der Waals surface area contributed by atoms with E-state index >= 15 is 0 Å². The molecule has 0 amide bonds. The molecule has 0 saturated carbocycles. The molecule has 1 heterocycles. The van der Waals surface area contributed by atoms with E-state index in [1.807, 2.05) is 13.8 Å². The van der Waals surface area contributed by atoms with Crippen LogP contribution in [0.15, 0.2) is 0 Å². The third kappa shape index (κ3) is 2.67. The molecule has 0 bridgehead atoms. The van der Waals surface area contributed by atoms with Gasteiger partial charge in [-0.05, 0) is 20.8 Å². The van der Waals surface area contributed by atoms with E-state index in [1.54, 1.807) is 0 Å². The zero-order chi connectivity index (χ0) is 8.20. The summed E-state index contributed by atoms with van der Waals surface area (Å²) < 4.78 is 0. The highest BCUT2D eigenvalue weighted by atomic mass is 15.4. The first-order valence-corrected chi connectivity index (χ1v) is 4.06. The Morgan fingerprint density at radius 2 is 1.50 bits per heavy atom. The predicted molar refractivity (Wildman–Crippen MR) is 45.8 cm³/mol. The molecule has 0 spiro atoms. The van der Waals surface area contributed by atoms with Crippen molar-refractivity contribution in [2.24, 2.45) is 0 Å². The normalized spacial score (nSPS) is 18.9. The van der Waals surface area contributed by atoms with Gasteiger partial charge in [0.05, 0.1) is 13.3 Å². The first kappa shape index (κ1) is 9.92. The van der Waals surface area contributed by atoms with Gasteiger partial charge in [-0.15, -0.1) is 0 Å². The summed E-state index contributed by atoms with van der Waals surface area (Å²) in [6.45, 7) is 12.8. The van der Waals surface area contributed by atoms with Crippen LogP contribution in [0.4, 0.5) is 0 Å². The average molecular weight is 144 g/mol. The second kappa shape index (κ2) is 3.94. The zero-order valence-electron chi connectivity index (χ0n) is 7.86. The highest BCUT2D eigenvalue weighted by Crippen LogP contribution is 2.13. The van der Waals surface area contributed by atoms with Crippen molar-refractivity contribution in [3.63, 3.8) is 0 Å². The molecule has 2 nitrogen and oxygen atoms in total. The second-order valence-corrected chi connectivity index (χ2v) is 3.28. The molecule has 0 unspecified atom stereocenters. The molecule has 0 aromatic rings. The largest absolute Gasteiger partial charge is 0.291 e. The van der Waals surface area contributed by atoms with E-state index in [0.29, 0.717) is 5.54 Å². The van der Waals surface area contributed by atoms with Crippen molar-refractivity contribution in [2.75, 3.05) is 13.3 Å². The lowest BCUT2D eigenvalue weighted by molar-refractivity contribution is 0.0389. The highest BCUT2D eigenvalue weighted by Gasteiger charge is 2.25. The van der Waals surface area contributed by atoms with Gasteiger partial charge in [0.25, 0.3) is 0 Å². The molecule has 0 aromatic heterocycles. The molecule has 0 aliphatic carbocycles. The van der Waals surface area contributed by atoms with Crippen molar-refractivity contribution >= 4 is 0 Å². The minimum Gasteiger partial charge on any atom is -0.291 e. The molecule has 0 aromatic carbocycles. The lowest BCUT2D eigenvalue weighted by Gasteiger charge is -2.42. The molecule has 2 heteroatoms. The van der Waals surface area contributed by atoms with Crippen LogP contribution in [0, 0.1) is 0 Å². The number of rotatable bonds is 0. The molecule has 1 saturated heterocycles. The van der Waals surface area contributed by atoms with E-state index in [4.69, 9.17) is 0 Å². The molecule has 1 N–H and O–H groups in total. The van der Waals surface area contributed by atoms with Crippen molar-refractivity contribution in [1.29, 1.82) is 0 Å². The van der Waals surface area contributed by atoms with Crippen LogP contribution in [0.3, 0.4) is 0 Å². The molecule has 1 fully saturated rings. The first-order chi connectivity index (χ1) is 4.61. The molecule has 0 atom stereocenters. The minimum atomic E-state index is 0.366. The standard InChI is InChI=1S/C6H14N2.C2H6/c1-6(2,3)8-4-7-5-8;1-2/h7H,4-5H2,1-3H3;1-2H3. The summed E-state index contributed by atoms with van der Waals surface area (Å²) in [6.07, 6.45) is 0. The summed E-state index contributed by atoms with van der Waals surface area (Å²) in [5.74, 6) is 0. The molecular formula is C8H20N2. The van der Waals surface area contributed by atoms with Crippen LogP contribution in [0.5, 0.6) is 0 Å². The fraction of sp³-hybridized carbons (Fsp3) is 1.00. The van der Waals surface area contributed by atoms with Gasteiger partial charge in [0.15, 0.2) is 0 Å². The summed E-state index contributed by atoms with van der Waals surface area (Å²) in [5.41, 5.74) is 0.366. The summed E-state index contributed by atoms with van der Waals surface area (Å²) in [7, 11) is 0. The van der Waals surface area contributed by atoms with Gasteiger partial charge in [-0.3, -0.25) is 10.2 Å². The first-order valence-electron chi connectivity index (χ1n) is 4.06. The van der Waals surface area contributed by atoms with Crippen LogP contribution in [-0.2, 0) is 0 Å². The lowest BCUT2D eigenvalue weighted by Crippen LogP contribution is -2.59. The number of nitrogens with zero attached hydrogens (tertiary/aromatic N) is 1. The smallest absolute Gasteiger partial charge is 0.0507 e. The van der Waals surface area contributed by atoms with Crippen molar-refractivity contribution < 1.29 is 0 Å². The van der Waals surface area contributed by atoms with Crippen LogP contribution in [0.1, 0.15) is 34.6 Å². The van der Waals surface area contributed by atoms with Gasteiger partial charge in [0.1, 0.15) is 0 Å². The third-order valence-corrected chi connectivity index (χ3v) is 1.55. The molecule has 10 heavy (non-hydrogen) atoms. The Hall–Kier alpha value is -0.0800. The molecule has 62 valence electrons. The Kier molecular flexibility index (Phi) is 3.91. The Balaban J connectivity index is 0.000000371. The maximum atomic E-state index is 3.19. The minimum absolute atomic E-state index is 0.366. The Bertz CT molecular complexity index is 79.7. The van der Waals surface area contributed by atoms with Crippen LogP contribution >= 0.6 is 0 Å². The predicted octanol–water partition coefficient (Wildman–Crippen LogP) is 1.63. The summed E-state index contributed by atoms with van der Waals surface area (Å²) >= 11 is 0. The zero-order valence-corrected chi connectivity index (χ0v) is 7.86. The van der Waals surface area contributed by atoms with Gasteiger partial charge >= 0.3 is 0 Å². The van der Waals surface area contributed by atoms with Crippen LogP contribution in [-0.4, -0.2) is 23.8 Å². The number of nitrogens with one attached hydrogen (secondary N) is 1. The monoisotopic (exact) mass is 144 g/mol. The van der Waals surface area contributed by atoms with Gasteiger partial charge < -0.3 is 0 Å². The summed E-state index contributed by atoms with van der Waals surface area (Å²) in [6, 6.07) is 0. The molecule has 1 aliphatic rings. The van der Waals surface area contributed by atoms with Crippen molar-refractivity contribution in [3.8, 4) is 0 Å². The molecule has 1 rings (SSSR count). The fourth-order valence-corrected chi connectivity index (χ4v) is 0.698. The molecule has 0 radical (unpaired) electrons. The van der Waals surface area contributed by atoms with Gasteiger partial charge in [0.2, 0.25) is 0 Å². The SMILES string of the molecule is CC.CC(C)(C)N1CNC1. The Labute approximate surface area is 64.6 Å². The fourth-order valence-electron chi connectivity index (χ4n) is 0.698. The third-order valence-electron chi connectivity index (χ3n) is 1.55. The topological polar surface area (TPSA) is 15.3 Å². The van der Waals surface area contributed by atoms with Crippen LogP contribution in [0.2, 0.25) is 0 Å². The van der Waals surface area contributed by atoms with Gasteiger partial charge in [-0.2, -0.15) is 0 Å². The van der Waals surface area contributed by atoms with Crippen molar-refractivity contribution in [2.45, 2.75) is 40.2 Å². The lowest BCUT2D eigenvalue weighted by atomic mass is 10.1. The van der Waals surface area contributed by atoms with E-state index in [2.05, 4.69) is 31.0 Å². The molecular weight excluding hydrogens is 124 g/mol.